The Bertz CT molecular complexity index is 742. The van der Waals surface area contributed by atoms with Crippen molar-refractivity contribution in [2.45, 2.75) is 39.8 Å². The Hall–Kier alpha value is -2.21. The zero-order chi connectivity index (χ0) is 18.7. The van der Waals surface area contributed by atoms with E-state index >= 15 is 0 Å². The summed E-state index contributed by atoms with van der Waals surface area (Å²) in [5.41, 5.74) is 1.80. The molecule has 1 aromatic heterocycles. The normalized spacial score (nSPS) is 19.0. The Kier molecular flexibility index (Phi) is 5.71. The highest BCUT2D eigenvalue weighted by molar-refractivity contribution is 5.91. The molecular formula is C20H26FN3O2. The van der Waals surface area contributed by atoms with Crippen LogP contribution in [-0.2, 0) is 6.54 Å². The van der Waals surface area contributed by atoms with Crippen molar-refractivity contribution >= 4 is 5.91 Å². The summed E-state index contributed by atoms with van der Waals surface area (Å²) in [6.45, 7) is 9.17. The Morgan fingerprint density at radius 1 is 1.31 bits per heavy atom. The molecule has 1 unspecified atom stereocenters. The van der Waals surface area contributed by atoms with E-state index in [4.69, 9.17) is 4.52 Å². The van der Waals surface area contributed by atoms with Crippen LogP contribution < -0.4 is 0 Å². The van der Waals surface area contributed by atoms with Gasteiger partial charge < -0.3 is 9.42 Å². The average molecular weight is 359 g/mol. The monoisotopic (exact) mass is 359 g/mol. The van der Waals surface area contributed by atoms with Crippen molar-refractivity contribution in [2.24, 2.45) is 5.92 Å². The molecule has 1 atom stereocenters. The molecule has 3 rings (SSSR count). The maximum Gasteiger partial charge on any atom is 0.292 e. The zero-order valence-electron chi connectivity index (χ0n) is 15.6. The van der Waals surface area contributed by atoms with Crippen LogP contribution in [0.3, 0.4) is 0 Å². The molecule has 2 heterocycles. The highest BCUT2D eigenvalue weighted by atomic mass is 19.1. The lowest BCUT2D eigenvalue weighted by Gasteiger charge is -2.34. The number of halogens is 1. The summed E-state index contributed by atoms with van der Waals surface area (Å²) in [6.07, 6.45) is 0.892. The topological polar surface area (TPSA) is 49.6 Å². The Morgan fingerprint density at radius 2 is 2.04 bits per heavy atom. The minimum atomic E-state index is -0.218. The molecule has 1 amide bonds. The van der Waals surface area contributed by atoms with Crippen molar-refractivity contribution in [1.29, 1.82) is 0 Å². The molecular weight excluding hydrogens is 333 g/mol. The van der Waals surface area contributed by atoms with Crippen molar-refractivity contribution in [2.75, 3.05) is 19.6 Å². The van der Waals surface area contributed by atoms with Crippen molar-refractivity contribution in [1.82, 2.24) is 15.0 Å². The molecule has 0 aliphatic carbocycles. The van der Waals surface area contributed by atoms with E-state index in [1.807, 2.05) is 24.0 Å². The molecule has 2 aromatic rings. The van der Waals surface area contributed by atoms with Gasteiger partial charge in [0.2, 0.25) is 5.76 Å². The van der Waals surface area contributed by atoms with Crippen LogP contribution in [0.1, 0.15) is 42.1 Å². The lowest BCUT2D eigenvalue weighted by molar-refractivity contribution is 0.0662. The van der Waals surface area contributed by atoms with E-state index in [9.17, 15) is 9.18 Å². The number of rotatable bonds is 4. The molecule has 1 aliphatic rings. The van der Waals surface area contributed by atoms with Gasteiger partial charge in [0, 0.05) is 38.3 Å². The van der Waals surface area contributed by atoms with E-state index in [1.165, 1.54) is 12.1 Å². The molecule has 26 heavy (non-hydrogen) atoms. The SMILES string of the molecule is Cc1cc(C(=O)N2CCCN(Cc3ccc(F)cc3)C(C(C)C)C2)on1. The maximum absolute atomic E-state index is 13.2. The second kappa shape index (κ2) is 7.99. The first-order valence-electron chi connectivity index (χ1n) is 9.15. The molecule has 0 bridgehead atoms. The molecule has 1 saturated heterocycles. The van der Waals surface area contributed by atoms with Gasteiger partial charge in [-0.15, -0.1) is 0 Å². The summed E-state index contributed by atoms with van der Waals surface area (Å²) in [4.78, 5) is 17.0. The third kappa shape index (κ3) is 4.30. The van der Waals surface area contributed by atoms with Crippen molar-refractivity contribution in [3.63, 3.8) is 0 Å². The van der Waals surface area contributed by atoms with Gasteiger partial charge in [-0.2, -0.15) is 0 Å². The minimum absolute atomic E-state index is 0.0973. The third-order valence-electron chi connectivity index (χ3n) is 4.94. The molecule has 0 N–H and O–H groups in total. The average Bonchev–Trinajstić information content (AvgIpc) is 2.93. The van der Waals surface area contributed by atoms with Crippen molar-refractivity contribution in [3.05, 3.63) is 53.2 Å². The summed E-state index contributed by atoms with van der Waals surface area (Å²) in [7, 11) is 0. The summed E-state index contributed by atoms with van der Waals surface area (Å²) in [6, 6.07) is 8.58. The second-order valence-corrected chi connectivity index (χ2v) is 7.35. The molecule has 6 heteroatoms. The first-order chi connectivity index (χ1) is 12.4. The summed E-state index contributed by atoms with van der Waals surface area (Å²) in [5, 5.41) is 3.82. The number of hydrogen-bond acceptors (Lipinski definition) is 4. The summed E-state index contributed by atoms with van der Waals surface area (Å²) >= 11 is 0. The Labute approximate surface area is 153 Å². The molecule has 0 saturated carbocycles. The van der Waals surface area contributed by atoms with Gasteiger partial charge in [-0.25, -0.2) is 4.39 Å². The highest BCUT2D eigenvalue weighted by Crippen LogP contribution is 2.21. The van der Waals surface area contributed by atoms with E-state index in [1.54, 1.807) is 6.07 Å². The lowest BCUT2D eigenvalue weighted by atomic mass is 10.0. The molecule has 1 fully saturated rings. The molecule has 1 aromatic carbocycles. The van der Waals surface area contributed by atoms with Gasteiger partial charge >= 0.3 is 0 Å². The van der Waals surface area contributed by atoms with Gasteiger partial charge in [0.25, 0.3) is 5.91 Å². The fourth-order valence-electron chi connectivity index (χ4n) is 3.52. The zero-order valence-corrected chi connectivity index (χ0v) is 15.6. The number of nitrogens with zero attached hydrogens (tertiary/aromatic N) is 3. The number of carbonyl (C=O) groups excluding carboxylic acids is 1. The first-order valence-corrected chi connectivity index (χ1v) is 9.15. The van der Waals surface area contributed by atoms with Gasteiger partial charge in [-0.1, -0.05) is 31.1 Å². The Morgan fingerprint density at radius 3 is 2.65 bits per heavy atom. The van der Waals surface area contributed by atoms with Crippen LogP contribution in [0.4, 0.5) is 4.39 Å². The lowest BCUT2D eigenvalue weighted by Crippen LogP contribution is -2.45. The highest BCUT2D eigenvalue weighted by Gasteiger charge is 2.31. The number of amides is 1. The van der Waals surface area contributed by atoms with Gasteiger partial charge in [0.05, 0.1) is 5.69 Å². The van der Waals surface area contributed by atoms with Crippen molar-refractivity contribution in [3.8, 4) is 0 Å². The second-order valence-electron chi connectivity index (χ2n) is 7.35. The summed E-state index contributed by atoms with van der Waals surface area (Å²) < 4.78 is 18.3. The van der Waals surface area contributed by atoms with Crippen LogP contribution in [-0.4, -0.2) is 46.5 Å². The quantitative estimate of drug-likeness (QED) is 0.838. The maximum atomic E-state index is 13.2. The fourth-order valence-corrected chi connectivity index (χ4v) is 3.52. The standard InChI is InChI=1S/C20H26FN3O2/c1-14(2)18-13-24(20(25)19-11-15(3)22-26-19)10-4-9-23(18)12-16-5-7-17(21)8-6-16/h5-8,11,14,18H,4,9-10,12-13H2,1-3H3. The fraction of sp³-hybridized carbons (Fsp3) is 0.500. The molecule has 5 nitrogen and oxygen atoms in total. The predicted molar refractivity (Wildman–Crippen MR) is 97.2 cm³/mol. The Balaban J connectivity index is 1.74. The van der Waals surface area contributed by atoms with Crippen LogP contribution in [0.25, 0.3) is 0 Å². The van der Waals surface area contributed by atoms with Gasteiger partial charge in [0.1, 0.15) is 5.82 Å². The van der Waals surface area contributed by atoms with Crippen LogP contribution >= 0.6 is 0 Å². The smallest absolute Gasteiger partial charge is 0.292 e. The molecule has 0 radical (unpaired) electrons. The minimum Gasteiger partial charge on any atom is -0.351 e. The van der Waals surface area contributed by atoms with Gasteiger partial charge in [-0.05, 0) is 37.0 Å². The summed E-state index contributed by atoms with van der Waals surface area (Å²) in [5.74, 6) is 0.376. The molecule has 1 aliphatic heterocycles. The number of carbonyl (C=O) groups is 1. The van der Waals surface area contributed by atoms with E-state index < -0.39 is 0 Å². The largest absolute Gasteiger partial charge is 0.351 e. The third-order valence-corrected chi connectivity index (χ3v) is 4.94. The number of benzene rings is 1. The first kappa shape index (κ1) is 18.6. The number of aryl methyl sites for hydroxylation is 1. The van der Waals surface area contributed by atoms with Crippen molar-refractivity contribution < 1.29 is 13.7 Å². The van der Waals surface area contributed by atoms with Gasteiger partial charge in [-0.3, -0.25) is 9.69 Å². The van der Waals surface area contributed by atoms with Crippen LogP contribution in [0, 0.1) is 18.7 Å². The molecule has 0 spiro atoms. The van der Waals surface area contributed by atoms with E-state index in [0.29, 0.717) is 30.5 Å². The van der Waals surface area contributed by atoms with Crippen LogP contribution in [0.5, 0.6) is 0 Å². The van der Waals surface area contributed by atoms with E-state index in [0.717, 1.165) is 25.1 Å². The number of aromatic nitrogens is 1. The van der Waals surface area contributed by atoms with E-state index in [-0.39, 0.29) is 17.8 Å². The number of hydrogen-bond donors (Lipinski definition) is 0. The molecule has 140 valence electrons. The predicted octanol–water partition coefficient (Wildman–Crippen LogP) is 3.49. The van der Waals surface area contributed by atoms with Gasteiger partial charge in [0.15, 0.2) is 0 Å². The van der Waals surface area contributed by atoms with Crippen LogP contribution in [0.2, 0.25) is 0 Å². The van der Waals surface area contributed by atoms with Crippen LogP contribution in [0.15, 0.2) is 34.9 Å². The van der Waals surface area contributed by atoms with E-state index in [2.05, 4.69) is 23.9 Å².